The molecule has 2 nitrogen and oxygen atoms in total. The summed E-state index contributed by atoms with van der Waals surface area (Å²) in [5.41, 5.74) is 3.63. The Labute approximate surface area is 101 Å². The van der Waals surface area contributed by atoms with Gasteiger partial charge in [-0.15, -0.1) is 0 Å². The summed E-state index contributed by atoms with van der Waals surface area (Å²) in [5.74, 6) is 0.996. The Bertz CT molecular complexity index is 603. The van der Waals surface area contributed by atoms with E-state index in [4.69, 9.17) is 0 Å². The van der Waals surface area contributed by atoms with E-state index in [-0.39, 0.29) is 0 Å². The van der Waals surface area contributed by atoms with Gasteiger partial charge in [-0.1, -0.05) is 35.9 Å². The third kappa shape index (κ3) is 1.82. The second-order valence-electron chi connectivity index (χ2n) is 4.26. The zero-order chi connectivity index (χ0) is 11.7. The van der Waals surface area contributed by atoms with Crippen LogP contribution in [0.3, 0.4) is 0 Å². The Hall–Kier alpha value is -2.09. The molecule has 0 spiro atoms. The Morgan fingerprint density at radius 3 is 3.06 bits per heavy atom. The van der Waals surface area contributed by atoms with E-state index in [9.17, 15) is 0 Å². The lowest BCUT2D eigenvalue weighted by Gasteiger charge is -2.05. The van der Waals surface area contributed by atoms with Gasteiger partial charge in [-0.05, 0) is 25.5 Å². The number of hydrogen-bond acceptors (Lipinski definition) is 1. The number of aromatic nitrogens is 2. The summed E-state index contributed by atoms with van der Waals surface area (Å²) < 4.78 is 2.14. The zero-order valence-electron chi connectivity index (χ0n) is 9.80. The normalized spacial score (nSPS) is 13.5. The van der Waals surface area contributed by atoms with Gasteiger partial charge in [0.2, 0.25) is 0 Å². The quantitative estimate of drug-likeness (QED) is 0.718. The number of aryl methyl sites for hydroxylation is 1. The molecule has 0 aliphatic carbocycles. The average molecular weight is 222 g/mol. The highest BCUT2D eigenvalue weighted by Crippen LogP contribution is 2.24. The largest absolute Gasteiger partial charge is 0.300 e. The van der Waals surface area contributed by atoms with Gasteiger partial charge in [-0.25, -0.2) is 4.98 Å². The van der Waals surface area contributed by atoms with Gasteiger partial charge in [0.25, 0.3) is 0 Å². The van der Waals surface area contributed by atoms with Crippen molar-refractivity contribution in [1.82, 2.24) is 9.55 Å². The molecular formula is C15H14N2. The molecule has 0 bridgehead atoms. The van der Waals surface area contributed by atoms with Crippen molar-refractivity contribution in [2.45, 2.75) is 13.3 Å². The molecule has 0 fully saturated rings. The number of allylic oxidation sites excluding steroid dienone is 2. The minimum Gasteiger partial charge on any atom is -0.300 e. The fourth-order valence-electron chi connectivity index (χ4n) is 2.09. The van der Waals surface area contributed by atoms with Gasteiger partial charge in [-0.2, -0.15) is 0 Å². The Kier molecular flexibility index (Phi) is 2.41. The second-order valence-corrected chi connectivity index (χ2v) is 4.26. The molecule has 1 aliphatic rings. The lowest BCUT2D eigenvalue weighted by molar-refractivity contribution is 1.11. The molecule has 2 heterocycles. The minimum atomic E-state index is 0.969. The Morgan fingerprint density at radius 2 is 2.18 bits per heavy atom. The van der Waals surface area contributed by atoms with Crippen molar-refractivity contribution < 1.29 is 0 Å². The van der Waals surface area contributed by atoms with E-state index >= 15 is 0 Å². The highest BCUT2D eigenvalue weighted by atomic mass is 15.1. The minimum absolute atomic E-state index is 0.969. The summed E-state index contributed by atoms with van der Waals surface area (Å²) in [6, 6.07) is 8.51. The molecule has 0 amide bonds. The van der Waals surface area contributed by atoms with E-state index in [0.29, 0.717) is 0 Å². The predicted octanol–water partition coefficient (Wildman–Crippen LogP) is 3.75. The van der Waals surface area contributed by atoms with Gasteiger partial charge in [0, 0.05) is 11.8 Å². The first-order valence-corrected chi connectivity index (χ1v) is 5.82. The number of fused-ring (bicyclic) bond motifs is 1. The summed E-state index contributed by atoms with van der Waals surface area (Å²) in [6.45, 7) is 2.11. The molecular weight excluding hydrogens is 208 g/mol. The van der Waals surface area contributed by atoms with Crippen LogP contribution in [0.25, 0.3) is 23.5 Å². The maximum absolute atomic E-state index is 4.45. The Balaban J connectivity index is 2.16. The molecule has 2 aromatic rings. The predicted molar refractivity (Wildman–Crippen MR) is 71.4 cm³/mol. The molecule has 0 atom stereocenters. The Morgan fingerprint density at radius 1 is 1.24 bits per heavy atom. The van der Waals surface area contributed by atoms with Gasteiger partial charge in [0.1, 0.15) is 5.82 Å². The molecule has 17 heavy (non-hydrogen) atoms. The monoisotopic (exact) mass is 222 g/mol. The topological polar surface area (TPSA) is 17.8 Å². The van der Waals surface area contributed by atoms with Crippen LogP contribution in [0.1, 0.15) is 17.8 Å². The van der Waals surface area contributed by atoms with Crippen molar-refractivity contribution in [3.05, 3.63) is 54.0 Å². The smallest absolute Gasteiger partial charge is 0.136 e. The van der Waals surface area contributed by atoms with E-state index in [0.717, 1.165) is 17.9 Å². The van der Waals surface area contributed by atoms with E-state index in [1.165, 1.54) is 11.1 Å². The van der Waals surface area contributed by atoms with Crippen LogP contribution in [0.2, 0.25) is 0 Å². The summed E-state index contributed by atoms with van der Waals surface area (Å²) in [6.07, 6.45) is 11.3. The van der Waals surface area contributed by atoms with Gasteiger partial charge in [0.15, 0.2) is 0 Å². The molecule has 1 aromatic carbocycles. The third-order valence-electron chi connectivity index (χ3n) is 2.93. The van der Waals surface area contributed by atoms with Gasteiger partial charge in [0.05, 0.1) is 11.9 Å². The number of imidazole rings is 1. The van der Waals surface area contributed by atoms with Crippen molar-refractivity contribution >= 4 is 12.3 Å². The van der Waals surface area contributed by atoms with Gasteiger partial charge in [-0.3, -0.25) is 0 Å². The first kappa shape index (κ1) is 10.1. The van der Waals surface area contributed by atoms with Crippen molar-refractivity contribution in [3.63, 3.8) is 0 Å². The second kappa shape index (κ2) is 4.06. The number of hydrogen-bond donors (Lipinski definition) is 0. The first-order valence-electron chi connectivity index (χ1n) is 5.82. The van der Waals surface area contributed by atoms with E-state index in [1.807, 2.05) is 6.20 Å². The van der Waals surface area contributed by atoms with Crippen LogP contribution in [0.4, 0.5) is 0 Å². The molecule has 3 rings (SSSR count). The maximum Gasteiger partial charge on any atom is 0.136 e. The lowest BCUT2D eigenvalue weighted by atomic mass is 10.1. The zero-order valence-corrected chi connectivity index (χ0v) is 9.80. The number of rotatable bonds is 1. The summed E-state index contributed by atoms with van der Waals surface area (Å²) >= 11 is 0. The van der Waals surface area contributed by atoms with Crippen LogP contribution < -0.4 is 0 Å². The van der Waals surface area contributed by atoms with Crippen molar-refractivity contribution in [1.29, 1.82) is 0 Å². The van der Waals surface area contributed by atoms with E-state index < -0.39 is 0 Å². The molecule has 0 radical (unpaired) electrons. The molecule has 1 aliphatic heterocycles. The van der Waals surface area contributed by atoms with Crippen molar-refractivity contribution in [2.24, 2.45) is 0 Å². The average Bonchev–Trinajstić information content (AvgIpc) is 2.59. The summed E-state index contributed by atoms with van der Waals surface area (Å²) in [7, 11) is 0. The summed E-state index contributed by atoms with van der Waals surface area (Å²) in [4.78, 5) is 4.45. The molecule has 0 unspecified atom stereocenters. The van der Waals surface area contributed by atoms with Gasteiger partial charge >= 0.3 is 0 Å². The maximum atomic E-state index is 4.45. The highest BCUT2D eigenvalue weighted by molar-refractivity contribution is 5.66. The molecule has 0 saturated heterocycles. The van der Waals surface area contributed by atoms with Crippen LogP contribution in [0, 0.1) is 6.92 Å². The van der Waals surface area contributed by atoms with Crippen LogP contribution in [-0.4, -0.2) is 9.55 Å². The molecule has 0 saturated carbocycles. The fraction of sp³-hybridized carbons (Fsp3) is 0.133. The van der Waals surface area contributed by atoms with E-state index in [1.54, 1.807) is 0 Å². The first-order chi connectivity index (χ1) is 8.34. The van der Waals surface area contributed by atoms with Crippen LogP contribution in [0.15, 0.2) is 42.6 Å². The van der Waals surface area contributed by atoms with Crippen LogP contribution in [0.5, 0.6) is 0 Å². The van der Waals surface area contributed by atoms with Crippen LogP contribution >= 0.6 is 0 Å². The lowest BCUT2D eigenvalue weighted by Crippen LogP contribution is -1.92. The van der Waals surface area contributed by atoms with Crippen LogP contribution in [-0.2, 0) is 0 Å². The third-order valence-corrected chi connectivity index (χ3v) is 2.93. The SMILES string of the molecule is Cc1cccc(-c2cnc3n2C=CCC=C3)c1. The standard InChI is InChI=1S/C15H14N2/c1-12-6-5-7-13(10-12)14-11-16-15-8-3-2-4-9-17(14)15/h3-11H,2H2,1H3. The van der Waals surface area contributed by atoms with Crippen molar-refractivity contribution in [2.75, 3.05) is 0 Å². The van der Waals surface area contributed by atoms with Crippen molar-refractivity contribution in [3.8, 4) is 11.3 Å². The highest BCUT2D eigenvalue weighted by Gasteiger charge is 2.08. The van der Waals surface area contributed by atoms with Gasteiger partial charge < -0.3 is 4.57 Å². The molecule has 0 N–H and O–H groups in total. The summed E-state index contributed by atoms with van der Waals surface area (Å²) in [5, 5.41) is 0. The number of nitrogens with zero attached hydrogens (tertiary/aromatic N) is 2. The molecule has 2 heteroatoms. The molecule has 1 aromatic heterocycles. The number of benzene rings is 1. The fourth-order valence-corrected chi connectivity index (χ4v) is 2.09. The van der Waals surface area contributed by atoms with E-state index in [2.05, 4.69) is 65.2 Å². The molecule has 84 valence electrons.